The maximum atomic E-state index is 13.0. The zero-order valence-corrected chi connectivity index (χ0v) is 14.0. The first kappa shape index (κ1) is 16.8. The van der Waals surface area contributed by atoms with Crippen molar-refractivity contribution in [3.8, 4) is 11.5 Å². The molecule has 0 amide bonds. The van der Waals surface area contributed by atoms with E-state index in [0.717, 1.165) is 0 Å². The number of fused-ring (bicyclic) bond motifs is 2. The maximum Gasteiger partial charge on any atom is 0.338 e. The normalized spacial score (nSPS) is 16.0. The molecule has 1 aliphatic rings. The summed E-state index contributed by atoms with van der Waals surface area (Å²) in [5.74, 6) is -0.540. The third kappa shape index (κ3) is 2.51. The molecule has 1 aliphatic heterocycles. The van der Waals surface area contributed by atoms with Crippen molar-refractivity contribution in [1.82, 2.24) is 0 Å². The van der Waals surface area contributed by atoms with Gasteiger partial charge in [-0.1, -0.05) is 0 Å². The Balaban J connectivity index is 2.50. The van der Waals surface area contributed by atoms with E-state index in [-0.39, 0.29) is 33.6 Å². The molecule has 0 saturated carbocycles. The van der Waals surface area contributed by atoms with Gasteiger partial charge in [-0.05, 0) is 13.0 Å². The Kier molecular flexibility index (Phi) is 4.13. The third-order valence-corrected chi connectivity index (χ3v) is 3.87. The van der Waals surface area contributed by atoms with Crippen LogP contribution in [-0.2, 0) is 14.2 Å². The number of phenolic OH excluding ortho intramolecular Hbond substituents is 1. The van der Waals surface area contributed by atoms with E-state index < -0.39 is 23.4 Å². The van der Waals surface area contributed by atoms with Gasteiger partial charge in [0.2, 0.25) is 17.5 Å². The zero-order valence-electron chi connectivity index (χ0n) is 14.0. The molecule has 25 heavy (non-hydrogen) atoms. The van der Waals surface area contributed by atoms with Crippen molar-refractivity contribution in [1.29, 1.82) is 0 Å². The molecule has 3 rings (SSSR count). The number of carbonyl (C=O) groups is 1. The molecule has 0 aliphatic carbocycles. The van der Waals surface area contributed by atoms with Gasteiger partial charge in [0.25, 0.3) is 0 Å². The smallest absolute Gasteiger partial charge is 0.338 e. The van der Waals surface area contributed by atoms with Gasteiger partial charge in [0.05, 0.1) is 25.2 Å². The van der Waals surface area contributed by atoms with Crippen molar-refractivity contribution in [2.45, 2.75) is 13.2 Å². The van der Waals surface area contributed by atoms with Crippen LogP contribution in [0, 0.1) is 0 Å². The number of ether oxygens (including phenoxy) is 4. The Labute approximate surface area is 142 Å². The monoisotopic (exact) mass is 348 g/mol. The van der Waals surface area contributed by atoms with Crippen molar-refractivity contribution < 1.29 is 33.3 Å². The van der Waals surface area contributed by atoms with Gasteiger partial charge in [-0.3, -0.25) is 4.79 Å². The average Bonchev–Trinajstić information content (AvgIpc) is 2.61. The molecule has 1 unspecified atom stereocenters. The highest BCUT2D eigenvalue weighted by Gasteiger charge is 2.31. The number of esters is 1. The average molecular weight is 348 g/mol. The number of hydrogen-bond acceptors (Lipinski definition) is 8. The van der Waals surface area contributed by atoms with Crippen LogP contribution in [0.15, 0.2) is 21.0 Å². The second-order valence-electron chi connectivity index (χ2n) is 5.32. The molecule has 2 aromatic rings. The molecule has 0 fully saturated rings. The quantitative estimate of drug-likeness (QED) is 0.843. The number of aromatic hydroxyl groups is 1. The van der Waals surface area contributed by atoms with Crippen LogP contribution in [0.5, 0.6) is 11.5 Å². The van der Waals surface area contributed by atoms with Crippen LogP contribution in [0.1, 0.15) is 34.9 Å². The molecule has 1 atom stereocenters. The Morgan fingerprint density at radius 3 is 2.60 bits per heavy atom. The van der Waals surface area contributed by atoms with E-state index in [1.165, 1.54) is 33.5 Å². The Morgan fingerprint density at radius 1 is 1.28 bits per heavy atom. The van der Waals surface area contributed by atoms with E-state index in [4.69, 9.17) is 23.4 Å². The molecule has 8 nitrogen and oxygen atoms in total. The molecule has 0 radical (unpaired) electrons. The van der Waals surface area contributed by atoms with E-state index in [9.17, 15) is 14.7 Å². The first-order valence-corrected chi connectivity index (χ1v) is 7.29. The Hall–Kier alpha value is -3.00. The fraction of sp³-hybridized carbons (Fsp3) is 0.294. The molecular formula is C17H16O8. The van der Waals surface area contributed by atoms with Gasteiger partial charge in [-0.25, -0.2) is 4.79 Å². The number of benzene rings is 1. The summed E-state index contributed by atoms with van der Waals surface area (Å²) in [6.45, 7) is 1.67. The van der Waals surface area contributed by atoms with E-state index in [1.807, 2.05) is 0 Å². The lowest BCUT2D eigenvalue weighted by Crippen LogP contribution is -2.23. The van der Waals surface area contributed by atoms with E-state index >= 15 is 0 Å². The lowest BCUT2D eigenvalue weighted by atomic mass is 10.0. The van der Waals surface area contributed by atoms with Gasteiger partial charge < -0.3 is 28.5 Å². The van der Waals surface area contributed by atoms with Gasteiger partial charge in [0.15, 0.2) is 11.3 Å². The first-order chi connectivity index (χ1) is 11.9. The molecule has 0 bridgehead atoms. The summed E-state index contributed by atoms with van der Waals surface area (Å²) in [6, 6.07) is 1.22. The van der Waals surface area contributed by atoms with Crippen molar-refractivity contribution in [3.05, 3.63) is 38.9 Å². The summed E-state index contributed by atoms with van der Waals surface area (Å²) in [4.78, 5) is 25.1. The van der Waals surface area contributed by atoms with Crippen molar-refractivity contribution in [2.24, 2.45) is 0 Å². The molecule has 2 heterocycles. The molecule has 0 spiro atoms. The summed E-state index contributed by atoms with van der Waals surface area (Å²) in [7, 11) is 3.88. The Bertz CT molecular complexity index is 953. The Morgan fingerprint density at radius 2 is 2.00 bits per heavy atom. The molecule has 1 aromatic heterocycles. The van der Waals surface area contributed by atoms with Crippen molar-refractivity contribution >= 4 is 23.0 Å². The summed E-state index contributed by atoms with van der Waals surface area (Å²) >= 11 is 0. The van der Waals surface area contributed by atoms with Crippen molar-refractivity contribution in [2.75, 3.05) is 21.3 Å². The van der Waals surface area contributed by atoms with Gasteiger partial charge >= 0.3 is 5.97 Å². The number of methoxy groups -OCH3 is 3. The second-order valence-corrected chi connectivity index (χ2v) is 5.32. The maximum absolute atomic E-state index is 13.0. The van der Waals surface area contributed by atoms with Crippen molar-refractivity contribution in [3.63, 3.8) is 0 Å². The van der Waals surface area contributed by atoms with Gasteiger partial charge in [0.1, 0.15) is 17.1 Å². The van der Waals surface area contributed by atoms with E-state index in [2.05, 4.69) is 0 Å². The minimum atomic E-state index is -0.990. The SMILES string of the molecule is COC(=O)c1cc(OC)c(O)c2oc3c(c(=O)c12)C(OC)OC(C)=C3. The fourth-order valence-corrected chi connectivity index (χ4v) is 2.73. The van der Waals surface area contributed by atoms with Crippen LogP contribution >= 0.6 is 0 Å². The highest BCUT2D eigenvalue weighted by Crippen LogP contribution is 2.39. The van der Waals surface area contributed by atoms with Crippen LogP contribution < -0.4 is 10.2 Å². The lowest BCUT2D eigenvalue weighted by Gasteiger charge is -2.23. The molecule has 8 heteroatoms. The van der Waals surface area contributed by atoms with Crippen LogP contribution in [0.3, 0.4) is 0 Å². The molecular weight excluding hydrogens is 332 g/mol. The second kappa shape index (κ2) is 6.14. The van der Waals surface area contributed by atoms with Crippen LogP contribution in [0.4, 0.5) is 0 Å². The number of allylic oxidation sites excluding steroid dienone is 1. The minimum Gasteiger partial charge on any atom is -0.502 e. The number of phenols is 1. The molecule has 1 aromatic carbocycles. The van der Waals surface area contributed by atoms with E-state index in [1.54, 1.807) is 6.92 Å². The highest BCUT2D eigenvalue weighted by molar-refractivity contribution is 6.06. The lowest BCUT2D eigenvalue weighted by molar-refractivity contribution is -0.100. The van der Waals surface area contributed by atoms with Gasteiger partial charge in [0, 0.05) is 13.2 Å². The van der Waals surface area contributed by atoms with E-state index in [0.29, 0.717) is 5.76 Å². The third-order valence-electron chi connectivity index (χ3n) is 3.87. The van der Waals surface area contributed by atoms with Crippen LogP contribution in [0.2, 0.25) is 0 Å². The zero-order chi connectivity index (χ0) is 18.3. The summed E-state index contributed by atoms with van der Waals surface area (Å²) in [5, 5.41) is 10.2. The topological polar surface area (TPSA) is 104 Å². The van der Waals surface area contributed by atoms with Gasteiger partial charge in [-0.15, -0.1) is 0 Å². The number of hydrogen-bond donors (Lipinski definition) is 1. The van der Waals surface area contributed by atoms with Crippen LogP contribution in [-0.4, -0.2) is 32.4 Å². The summed E-state index contributed by atoms with van der Waals surface area (Å²) in [6.07, 6.45) is 0.512. The number of carbonyl (C=O) groups excluding carboxylic acids is 1. The largest absolute Gasteiger partial charge is 0.502 e. The molecule has 1 N–H and O–H groups in total. The standard InChI is InChI=1S/C17H16O8/c1-7-5-9-12(17(23-4)24-7)14(19)11-8(16(20)22-3)6-10(21-2)13(18)15(11)25-9/h5-6,17-18H,1-4H3. The molecule has 132 valence electrons. The highest BCUT2D eigenvalue weighted by atomic mass is 16.7. The summed E-state index contributed by atoms with van der Waals surface area (Å²) in [5.41, 5.74) is -0.741. The number of rotatable bonds is 3. The summed E-state index contributed by atoms with van der Waals surface area (Å²) < 4.78 is 26.1. The predicted octanol–water partition coefficient (Wildman–Crippen LogP) is 2.33. The fourth-order valence-electron chi connectivity index (χ4n) is 2.73. The van der Waals surface area contributed by atoms with Gasteiger partial charge in [-0.2, -0.15) is 0 Å². The van der Waals surface area contributed by atoms with Crippen LogP contribution in [0.25, 0.3) is 17.0 Å². The first-order valence-electron chi connectivity index (χ1n) is 7.29. The predicted molar refractivity (Wildman–Crippen MR) is 86.5 cm³/mol. The molecule has 0 saturated heterocycles. The minimum absolute atomic E-state index is 0.0212.